The summed E-state index contributed by atoms with van der Waals surface area (Å²) in [6.07, 6.45) is 0. The minimum atomic E-state index is -3.58. The van der Waals surface area contributed by atoms with Gasteiger partial charge in [0.15, 0.2) is 0 Å². The van der Waals surface area contributed by atoms with Gasteiger partial charge in [0.2, 0.25) is 0 Å². The van der Waals surface area contributed by atoms with Crippen molar-refractivity contribution in [1.82, 2.24) is 0 Å². The van der Waals surface area contributed by atoms with Crippen LogP contribution < -0.4 is 9.04 Å². The molecule has 1 aromatic carbocycles. The van der Waals surface area contributed by atoms with Gasteiger partial charge in [-0.1, -0.05) is 12.1 Å². The van der Waals surface area contributed by atoms with Gasteiger partial charge in [-0.25, -0.2) is 8.42 Å². The van der Waals surface area contributed by atoms with Gasteiger partial charge in [-0.15, -0.1) is 11.3 Å². The van der Waals surface area contributed by atoms with E-state index in [1.54, 1.807) is 30.3 Å². The van der Waals surface area contributed by atoms with Crippen molar-refractivity contribution in [2.24, 2.45) is 0 Å². The number of nitrogens with zero attached hydrogens (tertiary/aromatic N) is 1. The van der Waals surface area contributed by atoms with Crippen LogP contribution in [0, 0.1) is 6.92 Å². The van der Waals surface area contributed by atoms with E-state index in [-0.39, 0.29) is 0 Å². The van der Waals surface area contributed by atoms with Crippen LogP contribution in [0.15, 0.2) is 38.3 Å². The molecule has 1 heterocycles. The van der Waals surface area contributed by atoms with Gasteiger partial charge in [0.25, 0.3) is 10.0 Å². The van der Waals surface area contributed by atoms with Crippen LogP contribution in [0.25, 0.3) is 0 Å². The molecule has 0 radical (unpaired) electrons. The maximum absolute atomic E-state index is 12.6. The van der Waals surface area contributed by atoms with Crippen molar-refractivity contribution in [2.75, 3.05) is 18.5 Å². The molecule has 108 valence electrons. The molecule has 2 aromatic rings. The van der Waals surface area contributed by atoms with E-state index in [2.05, 4.69) is 15.9 Å². The van der Waals surface area contributed by atoms with E-state index in [1.165, 1.54) is 29.8 Å². The number of hydrogen-bond acceptors (Lipinski definition) is 4. The fourth-order valence-electron chi connectivity index (χ4n) is 1.71. The zero-order valence-corrected chi connectivity index (χ0v) is 14.5. The molecule has 20 heavy (non-hydrogen) atoms. The van der Waals surface area contributed by atoms with Gasteiger partial charge >= 0.3 is 0 Å². The van der Waals surface area contributed by atoms with E-state index in [1.807, 2.05) is 6.92 Å². The number of hydrogen-bond donors (Lipinski definition) is 0. The highest BCUT2D eigenvalue weighted by molar-refractivity contribution is 9.11. The van der Waals surface area contributed by atoms with Crippen LogP contribution >= 0.6 is 27.3 Å². The van der Waals surface area contributed by atoms with Crippen molar-refractivity contribution in [1.29, 1.82) is 0 Å². The Labute approximate surface area is 131 Å². The third-order valence-corrected chi connectivity index (χ3v) is 7.23. The zero-order chi connectivity index (χ0) is 14.9. The highest BCUT2D eigenvalue weighted by Gasteiger charge is 2.26. The zero-order valence-electron chi connectivity index (χ0n) is 11.3. The Kier molecular flexibility index (Phi) is 4.41. The summed E-state index contributed by atoms with van der Waals surface area (Å²) in [6.45, 7) is 1.86. The Hall–Kier alpha value is -1.05. The molecule has 0 bridgehead atoms. The molecule has 1 aromatic heterocycles. The summed E-state index contributed by atoms with van der Waals surface area (Å²) in [5.41, 5.74) is 1.42. The number of para-hydroxylation sites is 2. The molecule has 0 aliphatic rings. The summed E-state index contributed by atoms with van der Waals surface area (Å²) in [5.74, 6) is 0.519. The van der Waals surface area contributed by atoms with Crippen LogP contribution in [0.3, 0.4) is 0 Å². The Morgan fingerprint density at radius 3 is 2.50 bits per heavy atom. The molecule has 2 rings (SSSR count). The minimum Gasteiger partial charge on any atom is -0.495 e. The second-order valence-electron chi connectivity index (χ2n) is 4.17. The number of halogens is 1. The summed E-state index contributed by atoms with van der Waals surface area (Å²) in [4.78, 5) is 0. The summed E-state index contributed by atoms with van der Waals surface area (Å²) in [6, 6.07) is 8.69. The Morgan fingerprint density at radius 1 is 1.30 bits per heavy atom. The third-order valence-electron chi connectivity index (χ3n) is 2.87. The maximum Gasteiger partial charge on any atom is 0.273 e. The number of sulfonamides is 1. The summed E-state index contributed by atoms with van der Waals surface area (Å²) < 4.78 is 32.8. The topological polar surface area (TPSA) is 46.6 Å². The van der Waals surface area contributed by atoms with Crippen molar-refractivity contribution in [3.05, 3.63) is 39.7 Å². The molecule has 0 aliphatic carbocycles. The second kappa shape index (κ2) is 5.75. The van der Waals surface area contributed by atoms with Crippen LogP contribution in [-0.2, 0) is 10.0 Å². The highest BCUT2D eigenvalue weighted by Crippen LogP contribution is 2.35. The van der Waals surface area contributed by atoms with Crippen molar-refractivity contribution in [3.63, 3.8) is 0 Å². The first-order chi connectivity index (χ1) is 9.37. The summed E-state index contributed by atoms with van der Waals surface area (Å²) in [5, 5.41) is 0. The van der Waals surface area contributed by atoms with Gasteiger partial charge < -0.3 is 4.74 Å². The molecule has 0 saturated heterocycles. The van der Waals surface area contributed by atoms with Gasteiger partial charge in [-0.05, 0) is 46.6 Å². The molecule has 4 nitrogen and oxygen atoms in total. The Balaban J connectivity index is 2.48. The van der Waals surface area contributed by atoms with Gasteiger partial charge in [0.1, 0.15) is 9.96 Å². The monoisotopic (exact) mass is 375 g/mol. The number of thiophene rings is 1. The lowest BCUT2D eigenvalue weighted by Crippen LogP contribution is -2.26. The normalized spacial score (nSPS) is 11.4. The van der Waals surface area contributed by atoms with E-state index in [4.69, 9.17) is 4.74 Å². The third kappa shape index (κ3) is 2.70. The van der Waals surface area contributed by atoms with Gasteiger partial charge in [0.05, 0.1) is 16.6 Å². The highest BCUT2D eigenvalue weighted by atomic mass is 79.9. The van der Waals surface area contributed by atoms with Gasteiger partial charge in [-0.3, -0.25) is 4.31 Å². The molecule has 0 saturated carbocycles. The van der Waals surface area contributed by atoms with Crippen LogP contribution in [0.2, 0.25) is 0 Å². The Morgan fingerprint density at radius 2 is 1.95 bits per heavy atom. The molecular formula is C13H14BrNO3S2. The van der Waals surface area contributed by atoms with Crippen LogP contribution in [-0.4, -0.2) is 22.6 Å². The van der Waals surface area contributed by atoms with Gasteiger partial charge in [0, 0.05) is 7.05 Å². The van der Waals surface area contributed by atoms with E-state index in [9.17, 15) is 8.42 Å². The molecule has 0 fully saturated rings. The lowest BCUT2D eigenvalue weighted by Gasteiger charge is -2.20. The number of anilines is 1. The molecule has 7 heteroatoms. The molecule has 0 aliphatic heterocycles. The number of methoxy groups -OCH3 is 1. The van der Waals surface area contributed by atoms with Crippen molar-refractivity contribution in [3.8, 4) is 5.75 Å². The average Bonchev–Trinajstić information content (AvgIpc) is 2.78. The minimum absolute atomic E-state index is 0.301. The predicted octanol–water partition coefficient (Wildman–Crippen LogP) is 3.65. The SMILES string of the molecule is COc1ccccc1N(C)S(=O)(=O)c1cc(C)c(Br)s1. The first kappa shape index (κ1) is 15.3. The molecule has 0 N–H and O–H groups in total. The van der Waals surface area contributed by atoms with E-state index >= 15 is 0 Å². The van der Waals surface area contributed by atoms with Crippen LogP contribution in [0.5, 0.6) is 5.75 Å². The number of ether oxygens (including phenoxy) is 1. The van der Waals surface area contributed by atoms with Crippen molar-refractivity contribution < 1.29 is 13.2 Å². The predicted molar refractivity (Wildman–Crippen MR) is 85.3 cm³/mol. The lowest BCUT2D eigenvalue weighted by atomic mass is 10.3. The summed E-state index contributed by atoms with van der Waals surface area (Å²) >= 11 is 4.56. The maximum atomic E-state index is 12.6. The van der Waals surface area contributed by atoms with Crippen LogP contribution in [0.1, 0.15) is 5.56 Å². The first-order valence-corrected chi connectivity index (χ1v) is 8.80. The smallest absolute Gasteiger partial charge is 0.273 e. The molecule has 0 unspecified atom stereocenters. The second-order valence-corrected chi connectivity index (χ2v) is 8.73. The van der Waals surface area contributed by atoms with Crippen LogP contribution in [0.4, 0.5) is 5.69 Å². The van der Waals surface area contributed by atoms with Gasteiger partial charge in [-0.2, -0.15) is 0 Å². The number of aryl methyl sites for hydroxylation is 1. The fraction of sp³-hybridized carbons (Fsp3) is 0.231. The Bertz CT molecular complexity index is 705. The number of benzene rings is 1. The van der Waals surface area contributed by atoms with Crippen molar-refractivity contribution in [2.45, 2.75) is 11.1 Å². The van der Waals surface area contributed by atoms with E-state index in [0.717, 1.165) is 9.35 Å². The standard InChI is InChI=1S/C13H14BrNO3S2/c1-9-8-12(19-13(9)14)20(16,17)15(2)10-6-4-5-7-11(10)18-3/h4-8H,1-3H3. The fourth-order valence-corrected chi connectivity index (χ4v) is 5.32. The lowest BCUT2D eigenvalue weighted by molar-refractivity contribution is 0.416. The molecule has 0 spiro atoms. The molecule has 0 atom stereocenters. The largest absolute Gasteiger partial charge is 0.495 e. The first-order valence-electron chi connectivity index (χ1n) is 5.76. The molecular weight excluding hydrogens is 362 g/mol. The van der Waals surface area contributed by atoms with Crippen molar-refractivity contribution >= 4 is 43.0 Å². The average molecular weight is 376 g/mol. The quantitative estimate of drug-likeness (QED) is 0.818. The number of rotatable bonds is 4. The van der Waals surface area contributed by atoms with E-state index in [0.29, 0.717) is 15.6 Å². The molecule has 0 amide bonds. The van der Waals surface area contributed by atoms with E-state index < -0.39 is 10.0 Å². The summed E-state index contributed by atoms with van der Waals surface area (Å²) in [7, 11) is -0.541.